The molecule has 1 amide bonds. The molecule has 0 spiro atoms. The van der Waals surface area contributed by atoms with Crippen LogP contribution in [0.15, 0.2) is 78.9 Å². The van der Waals surface area contributed by atoms with E-state index < -0.39 is 0 Å². The van der Waals surface area contributed by atoms with E-state index in [4.69, 9.17) is 14.2 Å². The third-order valence-corrected chi connectivity index (χ3v) is 5.62. The number of methoxy groups -OCH3 is 2. The highest BCUT2D eigenvalue weighted by atomic mass is 16.5. The zero-order valence-corrected chi connectivity index (χ0v) is 18.8. The summed E-state index contributed by atoms with van der Waals surface area (Å²) >= 11 is 0. The maximum atomic E-state index is 13.1. The van der Waals surface area contributed by atoms with Crippen LogP contribution in [0.3, 0.4) is 0 Å². The van der Waals surface area contributed by atoms with Crippen molar-refractivity contribution in [3.63, 3.8) is 0 Å². The molecule has 170 valence electrons. The topological polar surface area (TPSA) is 85.5 Å². The quantitative estimate of drug-likeness (QED) is 0.337. The van der Waals surface area contributed by atoms with Crippen molar-refractivity contribution in [1.82, 2.24) is 10.2 Å². The number of nitrogens with one attached hydrogen (secondary N) is 2. The maximum Gasteiger partial charge on any atom is 0.257 e. The molecule has 0 radical (unpaired) electrons. The van der Waals surface area contributed by atoms with Gasteiger partial charge in [-0.05, 0) is 52.7 Å². The highest BCUT2D eigenvalue weighted by molar-refractivity contribution is 6.14. The van der Waals surface area contributed by atoms with Crippen molar-refractivity contribution in [2.24, 2.45) is 0 Å². The first-order valence-corrected chi connectivity index (χ1v) is 10.8. The van der Waals surface area contributed by atoms with Gasteiger partial charge in [-0.3, -0.25) is 9.89 Å². The van der Waals surface area contributed by atoms with Gasteiger partial charge in [0.25, 0.3) is 5.91 Å². The molecule has 0 aliphatic rings. The number of hydrogen-bond donors (Lipinski definition) is 2. The van der Waals surface area contributed by atoms with E-state index in [9.17, 15) is 4.79 Å². The number of aromatic amines is 1. The lowest BCUT2D eigenvalue weighted by molar-refractivity contribution is 0.102. The Bertz CT molecular complexity index is 1460. The van der Waals surface area contributed by atoms with Gasteiger partial charge in [0.05, 0.1) is 19.7 Å². The van der Waals surface area contributed by atoms with Crippen LogP contribution in [0.1, 0.15) is 15.9 Å². The van der Waals surface area contributed by atoms with Crippen LogP contribution < -0.4 is 19.5 Å². The van der Waals surface area contributed by atoms with Crippen LogP contribution in [0, 0.1) is 0 Å². The predicted molar refractivity (Wildman–Crippen MR) is 132 cm³/mol. The van der Waals surface area contributed by atoms with E-state index in [-0.39, 0.29) is 5.91 Å². The number of benzene rings is 4. The van der Waals surface area contributed by atoms with Gasteiger partial charge in [0.15, 0.2) is 5.82 Å². The second kappa shape index (κ2) is 9.15. The summed E-state index contributed by atoms with van der Waals surface area (Å²) in [5.41, 5.74) is 2.30. The maximum absolute atomic E-state index is 13.1. The van der Waals surface area contributed by atoms with E-state index in [0.29, 0.717) is 35.2 Å². The molecule has 0 atom stereocenters. The molecule has 0 aliphatic heterocycles. The van der Waals surface area contributed by atoms with Crippen LogP contribution in [-0.2, 0) is 6.61 Å². The molecule has 7 heteroatoms. The fourth-order valence-corrected chi connectivity index (χ4v) is 3.89. The number of hydrogen-bond acceptors (Lipinski definition) is 5. The van der Waals surface area contributed by atoms with Gasteiger partial charge in [-0.25, -0.2) is 0 Å². The smallest absolute Gasteiger partial charge is 0.257 e. The van der Waals surface area contributed by atoms with Crippen LogP contribution in [0.4, 0.5) is 5.82 Å². The first kappa shape index (κ1) is 21.3. The zero-order chi connectivity index (χ0) is 23.5. The summed E-state index contributed by atoms with van der Waals surface area (Å²) < 4.78 is 16.7. The molecule has 7 nitrogen and oxygen atoms in total. The Kier molecular flexibility index (Phi) is 5.74. The Morgan fingerprint density at radius 2 is 1.62 bits per heavy atom. The molecule has 0 unspecified atom stereocenters. The van der Waals surface area contributed by atoms with E-state index in [2.05, 4.69) is 15.5 Å². The minimum absolute atomic E-state index is 0.222. The van der Waals surface area contributed by atoms with E-state index >= 15 is 0 Å². The van der Waals surface area contributed by atoms with Crippen molar-refractivity contribution >= 4 is 33.4 Å². The average Bonchev–Trinajstić information content (AvgIpc) is 3.28. The summed E-state index contributed by atoms with van der Waals surface area (Å²) in [4.78, 5) is 13.1. The summed E-state index contributed by atoms with van der Waals surface area (Å²) in [5, 5.41) is 12.8. The third kappa shape index (κ3) is 4.23. The van der Waals surface area contributed by atoms with E-state index in [1.54, 1.807) is 14.2 Å². The van der Waals surface area contributed by atoms with Gasteiger partial charge in [0.2, 0.25) is 0 Å². The number of rotatable bonds is 7. The van der Waals surface area contributed by atoms with Crippen LogP contribution in [0.25, 0.3) is 21.7 Å². The lowest BCUT2D eigenvalue weighted by Crippen LogP contribution is -2.12. The van der Waals surface area contributed by atoms with E-state index in [1.807, 2.05) is 78.9 Å². The Morgan fingerprint density at radius 1 is 0.853 bits per heavy atom. The van der Waals surface area contributed by atoms with Gasteiger partial charge in [-0.15, -0.1) is 0 Å². The summed E-state index contributed by atoms with van der Waals surface area (Å²) in [6.45, 7) is 0.328. The Morgan fingerprint density at radius 3 is 2.41 bits per heavy atom. The minimum atomic E-state index is -0.222. The fraction of sp³-hybridized carbons (Fsp3) is 0.111. The van der Waals surface area contributed by atoms with E-state index in [0.717, 1.165) is 27.2 Å². The summed E-state index contributed by atoms with van der Waals surface area (Å²) in [7, 11) is 3.22. The van der Waals surface area contributed by atoms with Gasteiger partial charge < -0.3 is 19.5 Å². The van der Waals surface area contributed by atoms with Gasteiger partial charge in [0.1, 0.15) is 23.9 Å². The Labute approximate surface area is 196 Å². The number of carbonyl (C=O) groups is 1. The number of aromatic nitrogens is 2. The molecule has 5 rings (SSSR count). The monoisotopic (exact) mass is 453 g/mol. The van der Waals surface area contributed by atoms with Crippen molar-refractivity contribution in [2.75, 3.05) is 19.5 Å². The molecule has 2 N–H and O–H groups in total. The van der Waals surface area contributed by atoms with Crippen molar-refractivity contribution in [1.29, 1.82) is 0 Å². The van der Waals surface area contributed by atoms with Crippen molar-refractivity contribution < 1.29 is 19.0 Å². The average molecular weight is 453 g/mol. The van der Waals surface area contributed by atoms with Crippen LogP contribution in [0.5, 0.6) is 17.2 Å². The molecule has 5 aromatic rings. The summed E-state index contributed by atoms with van der Waals surface area (Å²) in [6.07, 6.45) is 0. The van der Waals surface area contributed by atoms with Gasteiger partial charge in [-0.1, -0.05) is 36.4 Å². The van der Waals surface area contributed by atoms with Crippen LogP contribution in [-0.4, -0.2) is 30.3 Å². The number of amides is 1. The number of carbonyl (C=O) groups excluding carboxylic acids is 1. The molecule has 34 heavy (non-hydrogen) atoms. The van der Waals surface area contributed by atoms with Crippen LogP contribution in [0.2, 0.25) is 0 Å². The number of nitrogens with zero attached hydrogens (tertiary/aromatic N) is 1. The molecular weight excluding hydrogens is 430 g/mol. The van der Waals surface area contributed by atoms with Gasteiger partial charge in [0, 0.05) is 17.0 Å². The second-order valence-electron chi connectivity index (χ2n) is 7.77. The lowest BCUT2D eigenvalue weighted by Gasteiger charge is -2.10. The highest BCUT2D eigenvalue weighted by Crippen LogP contribution is 2.28. The Balaban J connectivity index is 1.37. The van der Waals surface area contributed by atoms with Crippen molar-refractivity contribution in [3.8, 4) is 17.2 Å². The number of anilines is 1. The molecule has 0 saturated heterocycles. The second-order valence-corrected chi connectivity index (χ2v) is 7.77. The molecule has 0 saturated carbocycles. The molecule has 0 aliphatic carbocycles. The molecule has 1 heterocycles. The van der Waals surface area contributed by atoms with E-state index in [1.165, 1.54) is 0 Å². The van der Waals surface area contributed by atoms with Crippen LogP contribution >= 0.6 is 0 Å². The first-order valence-electron chi connectivity index (χ1n) is 10.8. The number of fused-ring (bicyclic) bond motifs is 2. The van der Waals surface area contributed by atoms with Crippen molar-refractivity contribution in [2.45, 2.75) is 6.61 Å². The highest BCUT2D eigenvalue weighted by Gasteiger charge is 2.14. The molecule has 0 bridgehead atoms. The number of ether oxygens (including phenoxy) is 3. The van der Waals surface area contributed by atoms with Gasteiger partial charge >= 0.3 is 0 Å². The molecule has 1 aromatic heterocycles. The SMILES string of the molecule is COc1cc(COc2ccc3[nH]nc(NC(=O)c4cccc5ccccc45)c3c2)cc(OC)c1. The molecule has 4 aromatic carbocycles. The minimum Gasteiger partial charge on any atom is -0.497 e. The van der Waals surface area contributed by atoms with Crippen molar-refractivity contribution in [3.05, 3.63) is 90.0 Å². The molecular formula is C27H23N3O4. The molecule has 0 fully saturated rings. The fourth-order valence-electron chi connectivity index (χ4n) is 3.89. The number of H-pyrrole nitrogens is 1. The Hall–Kier alpha value is -4.52. The largest absolute Gasteiger partial charge is 0.497 e. The third-order valence-electron chi connectivity index (χ3n) is 5.62. The van der Waals surface area contributed by atoms with Gasteiger partial charge in [-0.2, -0.15) is 5.10 Å². The standard InChI is InChI=1S/C27H23N3O4/c1-32-20-12-17(13-21(14-20)33-2)16-34-19-10-11-25-24(15-19)26(30-29-25)28-27(31)23-9-5-7-18-6-3-4-8-22(18)23/h3-15H,16H2,1-2H3,(H2,28,29,30,31). The summed E-state index contributed by atoms with van der Waals surface area (Å²) in [6, 6.07) is 24.7. The lowest BCUT2D eigenvalue weighted by atomic mass is 10.0. The summed E-state index contributed by atoms with van der Waals surface area (Å²) in [5.74, 6) is 2.26. The first-order chi connectivity index (χ1) is 16.6. The predicted octanol–water partition coefficient (Wildman–Crippen LogP) is 5.56. The zero-order valence-electron chi connectivity index (χ0n) is 18.8. The normalized spacial score (nSPS) is 10.9.